The van der Waals surface area contributed by atoms with Gasteiger partial charge < -0.3 is 20.1 Å². The number of allylic oxidation sites excluding steroid dienone is 3. The molecule has 2 fully saturated rings. The van der Waals surface area contributed by atoms with Gasteiger partial charge in [0.05, 0.1) is 0 Å². The molecule has 0 bridgehead atoms. The van der Waals surface area contributed by atoms with Gasteiger partial charge in [0.25, 0.3) is 0 Å². The Labute approximate surface area is 291 Å². The van der Waals surface area contributed by atoms with Crippen LogP contribution >= 0.6 is 0 Å². The first-order valence-corrected chi connectivity index (χ1v) is 18.1. The highest BCUT2D eigenvalue weighted by atomic mass is 16.6. The molecule has 262 valence electrons. The Morgan fingerprint density at radius 2 is 1.69 bits per heavy atom. The van der Waals surface area contributed by atoms with Crippen molar-refractivity contribution in [3.05, 3.63) is 83.7 Å². The van der Waals surface area contributed by atoms with E-state index in [0.29, 0.717) is 17.8 Å². The molecule has 0 spiro atoms. The number of pyridine rings is 1. The fraction of sp³-hybridized carbons (Fsp3) is 0.561. The van der Waals surface area contributed by atoms with Crippen molar-refractivity contribution in [1.82, 2.24) is 15.6 Å². The highest BCUT2D eigenvalue weighted by Crippen LogP contribution is 2.66. The smallest absolute Gasteiger partial charge is 0.408 e. The van der Waals surface area contributed by atoms with E-state index in [0.717, 1.165) is 37.7 Å². The van der Waals surface area contributed by atoms with E-state index in [4.69, 9.17) is 9.47 Å². The molecular formula is C41H53N3O5. The highest BCUT2D eigenvalue weighted by Gasteiger charge is 2.57. The lowest BCUT2D eigenvalue weighted by Crippen LogP contribution is -2.53. The van der Waals surface area contributed by atoms with Crippen LogP contribution in [0.2, 0.25) is 0 Å². The van der Waals surface area contributed by atoms with Crippen molar-refractivity contribution >= 4 is 23.5 Å². The number of hydrogen-bond donors (Lipinski definition) is 2. The summed E-state index contributed by atoms with van der Waals surface area (Å²) in [5.74, 6) is 0.979. The van der Waals surface area contributed by atoms with Crippen LogP contribution in [0.5, 0.6) is 0 Å². The monoisotopic (exact) mass is 667 g/mol. The van der Waals surface area contributed by atoms with Crippen LogP contribution in [0.3, 0.4) is 0 Å². The zero-order chi connectivity index (χ0) is 35.0. The zero-order valence-corrected chi connectivity index (χ0v) is 30.0. The third-order valence-corrected chi connectivity index (χ3v) is 11.9. The number of alkyl carbamates (subject to hydrolysis) is 1. The second-order valence-electron chi connectivity index (χ2n) is 16.2. The van der Waals surface area contributed by atoms with Crippen LogP contribution in [0.25, 0.3) is 5.57 Å². The number of hydrogen-bond acceptors (Lipinski definition) is 6. The van der Waals surface area contributed by atoms with E-state index in [9.17, 15) is 14.4 Å². The van der Waals surface area contributed by atoms with Crippen LogP contribution in [-0.2, 0) is 25.5 Å². The number of nitrogens with one attached hydrogen (secondary N) is 2. The molecule has 1 heterocycles. The maximum Gasteiger partial charge on any atom is 0.408 e. The lowest BCUT2D eigenvalue weighted by Gasteiger charge is -2.57. The summed E-state index contributed by atoms with van der Waals surface area (Å²) < 4.78 is 11.5. The maximum atomic E-state index is 13.4. The highest BCUT2D eigenvalue weighted by molar-refractivity contribution is 5.89. The van der Waals surface area contributed by atoms with Gasteiger partial charge in [0.2, 0.25) is 5.91 Å². The average molecular weight is 668 g/mol. The molecule has 2 saturated carbocycles. The van der Waals surface area contributed by atoms with E-state index in [2.05, 4.69) is 47.7 Å². The normalized spacial score (nSPS) is 30.2. The number of aromatic nitrogens is 1. The molecule has 8 heteroatoms. The van der Waals surface area contributed by atoms with Gasteiger partial charge in [-0.15, -0.1) is 0 Å². The number of rotatable bonds is 8. The second kappa shape index (κ2) is 13.8. The standard InChI is InChI=1S/C41H53N3O5/c1-26(43-36(45)35(23-27-11-8-7-9-12-27)44-38(47)49-39(2,3)4)37(46)48-30-18-20-40(5)29(24-30)14-15-31-33-17-16-32(28-13-10-22-42-25-28)41(33,6)21-19-34(31)40/h7-14,16,22,25-26,30-31,33-35H,15,17-21,23-24H2,1-6H3,(H,43,45)(H,44,47). The molecule has 4 aliphatic rings. The van der Waals surface area contributed by atoms with Crippen LogP contribution in [0, 0.1) is 28.6 Å². The molecule has 0 radical (unpaired) electrons. The van der Waals surface area contributed by atoms with Gasteiger partial charge >= 0.3 is 12.1 Å². The number of fused-ring (bicyclic) bond motifs is 5. The third kappa shape index (κ3) is 7.34. The number of ether oxygens (including phenoxy) is 2. The van der Waals surface area contributed by atoms with Crippen LogP contribution in [0.4, 0.5) is 4.79 Å². The molecular weight excluding hydrogens is 614 g/mol. The fourth-order valence-electron chi connectivity index (χ4n) is 9.41. The first-order valence-electron chi connectivity index (χ1n) is 18.1. The fourth-order valence-corrected chi connectivity index (χ4v) is 9.41. The number of esters is 1. The summed E-state index contributed by atoms with van der Waals surface area (Å²) in [5.41, 5.74) is 4.64. The summed E-state index contributed by atoms with van der Waals surface area (Å²) >= 11 is 0. The minimum absolute atomic E-state index is 0.113. The molecule has 0 aliphatic heterocycles. The topological polar surface area (TPSA) is 107 Å². The van der Waals surface area contributed by atoms with Crippen molar-refractivity contribution in [2.24, 2.45) is 28.6 Å². The van der Waals surface area contributed by atoms with E-state index in [1.54, 1.807) is 27.7 Å². The van der Waals surface area contributed by atoms with Crippen LogP contribution < -0.4 is 10.6 Å². The van der Waals surface area contributed by atoms with Gasteiger partial charge in [-0.05, 0) is 118 Å². The minimum Gasteiger partial charge on any atom is -0.461 e. The number of carbonyl (C=O) groups is 3. The Balaban J connectivity index is 1.07. The van der Waals surface area contributed by atoms with Gasteiger partial charge in [-0.1, -0.05) is 68.0 Å². The molecule has 4 aliphatic carbocycles. The SMILES string of the molecule is CC(NC(=O)C(Cc1ccccc1)NC(=O)OC(C)(C)C)C(=O)OC1CCC2(C)C(=CCC3C2CCC2(C)C(c4cccnc4)=CCC32)C1. The largest absolute Gasteiger partial charge is 0.461 e. The quantitative estimate of drug-likeness (QED) is 0.222. The molecule has 1 aromatic heterocycles. The molecule has 1 aromatic carbocycles. The van der Waals surface area contributed by atoms with Crippen LogP contribution in [-0.4, -0.2) is 46.7 Å². The van der Waals surface area contributed by atoms with Gasteiger partial charge in [0, 0.05) is 25.2 Å². The van der Waals surface area contributed by atoms with Gasteiger partial charge in [-0.2, -0.15) is 0 Å². The number of benzene rings is 1. The van der Waals surface area contributed by atoms with Crippen molar-refractivity contribution in [3.63, 3.8) is 0 Å². The first-order chi connectivity index (χ1) is 23.3. The van der Waals surface area contributed by atoms with E-state index >= 15 is 0 Å². The lowest BCUT2D eigenvalue weighted by atomic mass is 9.47. The number of carbonyl (C=O) groups excluding carboxylic acids is 3. The van der Waals surface area contributed by atoms with Crippen LogP contribution in [0.1, 0.15) is 97.6 Å². The predicted octanol–water partition coefficient (Wildman–Crippen LogP) is 7.59. The van der Waals surface area contributed by atoms with E-state index in [1.807, 2.05) is 48.8 Å². The van der Waals surface area contributed by atoms with Gasteiger partial charge in [-0.25, -0.2) is 9.59 Å². The Hall–Kier alpha value is -3.94. The molecule has 8 unspecified atom stereocenters. The van der Waals surface area contributed by atoms with Crippen molar-refractivity contribution < 1.29 is 23.9 Å². The third-order valence-electron chi connectivity index (χ3n) is 11.9. The van der Waals surface area contributed by atoms with Crippen molar-refractivity contribution in [1.29, 1.82) is 0 Å². The van der Waals surface area contributed by atoms with Gasteiger partial charge in [0.1, 0.15) is 23.8 Å². The molecule has 8 nitrogen and oxygen atoms in total. The van der Waals surface area contributed by atoms with Gasteiger partial charge in [-0.3, -0.25) is 9.78 Å². The average Bonchev–Trinajstić information content (AvgIpc) is 3.42. The molecule has 0 saturated heterocycles. The molecule has 6 rings (SSSR count). The number of amides is 2. The molecule has 2 amide bonds. The van der Waals surface area contributed by atoms with E-state index < -0.39 is 35.7 Å². The summed E-state index contributed by atoms with van der Waals surface area (Å²) in [7, 11) is 0. The lowest BCUT2D eigenvalue weighted by molar-refractivity contribution is -0.154. The summed E-state index contributed by atoms with van der Waals surface area (Å²) in [6, 6.07) is 11.9. The van der Waals surface area contributed by atoms with Crippen molar-refractivity contribution in [3.8, 4) is 0 Å². The Morgan fingerprint density at radius 3 is 2.41 bits per heavy atom. The zero-order valence-electron chi connectivity index (χ0n) is 30.0. The Morgan fingerprint density at radius 1 is 0.939 bits per heavy atom. The van der Waals surface area contributed by atoms with Crippen molar-refractivity contribution in [2.45, 2.75) is 117 Å². The summed E-state index contributed by atoms with van der Waals surface area (Å²) in [5, 5.41) is 5.49. The maximum absolute atomic E-state index is 13.4. The Bertz CT molecular complexity index is 1600. The molecule has 2 aromatic rings. The van der Waals surface area contributed by atoms with Gasteiger partial charge in [0.15, 0.2) is 0 Å². The minimum atomic E-state index is -0.920. The summed E-state index contributed by atoms with van der Waals surface area (Å²) in [6.45, 7) is 11.9. The van der Waals surface area contributed by atoms with Crippen molar-refractivity contribution in [2.75, 3.05) is 0 Å². The predicted molar refractivity (Wildman–Crippen MR) is 190 cm³/mol. The van der Waals surface area contributed by atoms with E-state index in [-0.39, 0.29) is 23.4 Å². The Kier molecular flexibility index (Phi) is 9.80. The van der Waals surface area contributed by atoms with Crippen LogP contribution in [0.15, 0.2) is 72.6 Å². The second-order valence-corrected chi connectivity index (χ2v) is 16.2. The summed E-state index contributed by atoms with van der Waals surface area (Å²) in [6.07, 6.45) is 15.3. The first kappa shape index (κ1) is 34.9. The molecule has 8 atom stereocenters. The molecule has 49 heavy (non-hydrogen) atoms. The molecule has 2 N–H and O–H groups in total. The number of nitrogens with zero attached hydrogens (tertiary/aromatic N) is 1. The summed E-state index contributed by atoms with van der Waals surface area (Å²) in [4.78, 5) is 43.8. The van der Waals surface area contributed by atoms with E-state index in [1.165, 1.54) is 29.6 Å².